The van der Waals surface area contributed by atoms with Crippen LogP contribution < -0.4 is 5.73 Å². The van der Waals surface area contributed by atoms with Crippen molar-refractivity contribution in [2.45, 2.75) is 25.8 Å². The molecule has 2 atom stereocenters. The zero-order valence-electron chi connectivity index (χ0n) is 8.16. The normalized spacial score (nSPS) is 49.2. The van der Waals surface area contributed by atoms with Gasteiger partial charge in [0.25, 0.3) is 0 Å². The lowest BCUT2D eigenvalue weighted by atomic mass is 9.70. The van der Waals surface area contributed by atoms with E-state index in [1.165, 1.54) is 25.9 Å². The monoisotopic (exact) mass is 168 g/mol. The Bertz CT molecular complexity index is 139. The molecule has 2 heteroatoms. The Morgan fingerprint density at radius 1 is 1.17 bits per heavy atom. The zero-order chi connectivity index (χ0) is 8.72. The summed E-state index contributed by atoms with van der Waals surface area (Å²) in [6, 6.07) is 0.498. The highest BCUT2D eigenvalue weighted by Crippen LogP contribution is 2.36. The first-order valence-electron chi connectivity index (χ1n) is 5.11. The van der Waals surface area contributed by atoms with Gasteiger partial charge in [-0.2, -0.15) is 0 Å². The third kappa shape index (κ3) is 1.38. The van der Waals surface area contributed by atoms with E-state index in [0.717, 1.165) is 17.8 Å². The molecule has 0 spiro atoms. The first kappa shape index (κ1) is 8.52. The summed E-state index contributed by atoms with van der Waals surface area (Å²) in [5, 5.41) is 0. The summed E-state index contributed by atoms with van der Waals surface area (Å²) in [4.78, 5) is 2.45. The summed E-state index contributed by atoms with van der Waals surface area (Å²) in [5.74, 6) is 2.46. The van der Waals surface area contributed by atoms with Crippen LogP contribution in [-0.2, 0) is 0 Å². The Labute approximate surface area is 75.1 Å². The quantitative estimate of drug-likeness (QED) is 0.583. The molecule has 0 aromatic rings. The highest BCUT2D eigenvalue weighted by Gasteiger charge is 2.38. The second-order valence-electron chi connectivity index (χ2n) is 4.90. The van der Waals surface area contributed by atoms with Gasteiger partial charge in [0, 0.05) is 19.1 Å². The smallest absolute Gasteiger partial charge is 0.0120 e. The van der Waals surface area contributed by atoms with Gasteiger partial charge in [-0.05, 0) is 37.6 Å². The summed E-state index contributed by atoms with van der Waals surface area (Å²) in [6.45, 7) is 4.82. The first-order valence-corrected chi connectivity index (χ1v) is 5.11. The van der Waals surface area contributed by atoms with Crippen molar-refractivity contribution in [3.8, 4) is 0 Å². The molecule has 1 heterocycles. The van der Waals surface area contributed by atoms with Crippen molar-refractivity contribution in [1.29, 1.82) is 0 Å². The third-order valence-electron chi connectivity index (χ3n) is 3.59. The van der Waals surface area contributed by atoms with E-state index in [2.05, 4.69) is 18.9 Å². The molecule has 1 aliphatic heterocycles. The predicted octanol–water partition coefficient (Wildman–Crippen LogP) is 0.921. The van der Waals surface area contributed by atoms with Crippen LogP contribution in [0.2, 0.25) is 0 Å². The first-order chi connectivity index (χ1) is 5.66. The minimum atomic E-state index is 0.498. The lowest BCUT2D eigenvalue weighted by Gasteiger charge is -2.46. The van der Waals surface area contributed by atoms with Crippen molar-refractivity contribution < 1.29 is 0 Å². The highest BCUT2D eigenvalue weighted by molar-refractivity contribution is 4.93. The predicted molar refractivity (Wildman–Crippen MR) is 50.9 cm³/mol. The van der Waals surface area contributed by atoms with Crippen molar-refractivity contribution >= 4 is 0 Å². The Morgan fingerprint density at radius 3 is 2.17 bits per heavy atom. The third-order valence-corrected chi connectivity index (χ3v) is 3.59. The van der Waals surface area contributed by atoms with Crippen molar-refractivity contribution in [2.75, 3.05) is 20.1 Å². The summed E-state index contributed by atoms with van der Waals surface area (Å²) < 4.78 is 0. The lowest BCUT2D eigenvalue weighted by Crippen LogP contribution is -2.55. The largest absolute Gasteiger partial charge is 0.327 e. The maximum atomic E-state index is 6.18. The van der Waals surface area contributed by atoms with Crippen LogP contribution in [0.5, 0.6) is 0 Å². The van der Waals surface area contributed by atoms with Crippen LogP contribution in [-0.4, -0.2) is 31.1 Å². The van der Waals surface area contributed by atoms with Gasteiger partial charge in [0.15, 0.2) is 0 Å². The summed E-state index contributed by atoms with van der Waals surface area (Å²) >= 11 is 0. The van der Waals surface area contributed by atoms with E-state index in [1.54, 1.807) is 0 Å². The Kier molecular flexibility index (Phi) is 2.13. The molecule has 1 saturated heterocycles. The van der Waals surface area contributed by atoms with Gasteiger partial charge in [0.1, 0.15) is 0 Å². The molecule has 1 aliphatic carbocycles. The standard InChI is InChI=1S/C10H20N2/c1-7-3-8-5-12(2)6-9(4-7)10(8)11/h7-10H,3-6,11H2,1-2H3. The van der Waals surface area contributed by atoms with Gasteiger partial charge in [-0.15, -0.1) is 0 Å². The molecular weight excluding hydrogens is 148 g/mol. The molecular formula is C10H20N2. The fourth-order valence-electron chi connectivity index (χ4n) is 3.10. The van der Waals surface area contributed by atoms with Gasteiger partial charge in [0.05, 0.1) is 0 Å². The molecule has 12 heavy (non-hydrogen) atoms. The fourth-order valence-corrected chi connectivity index (χ4v) is 3.10. The van der Waals surface area contributed by atoms with Gasteiger partial charge in [0.2, 0.25) is 0 Å². The second kappa shape index (κ2) is 3.00. The minimum Gasteiger partial charge on any atom is -0.327 e. The number of rotatable bonds is 0. The van der Waals surface area contributed by atoms with E-state index < -0.39 is 0 Å². The molecule has 2 unspecified atom stereocenters. The molecule has 2 rings (SSSR count). The summed E-state index contributed by atoms with van der Waals surface area (Å²) in [6.07, 6.45) is 2.70. The van der Waals surface area contributed by atoms with Crippen molar-refractivity contribution in [1.82, 2.24) is 4.90 Å². The molecule has 0 aromatic carbocycles. The number of likely N-dealkylation sites (tertiary alicyclic amines) is 1. The van der Waals surface area contributed by atoms with Crippen molar-refractivity contribution in [3.63, 3.8) is 0 Å². The SMILES string of the molecule is CC1CC2CN(C)CC(C1)C2N. The van der Waals surface area contributed by atoms with Crippen molar-refractivity contribution in [3.05, 3.63) is 0 Å². The van der Waals surface area contributed by atoms with Crippen LogP contribution in [0, 0.1) is 17.8 Å². The van der Waals surface area contributed by atoms with E-state index in [4.69, 9.17) is 5.73 Å². The Hall–Kier alpha value is -0.0800. The molecule has 2 aliphatic rings. The lowest BCUT2D eigenvalue weighted by molar-refractivity contribution is 0.0566. The molecule has 0 aromatic heterocycles. The molecule has 0 radical (unpaired) electrons. The average molecular weight is 168 g/mol. The molecule has 1 saturated carbocycles. The molecule has 2 N–H and O–H groups in total. The minimum absolute atomic E-state index is 0.498. The van der Waals surface area contributed by atoms with Gasteiger partial charge in [-0.25, -0.2) is 0 Å². The summed E-state index contributed by atoms with van der Waals surface area (Å²) in [5.41, 5.74) is 6.18. The van der Waals surface area contributed by atoms with E-state index in [-0.39, 0.29) is 0 Å². The second-order valence-corrected chi connectivity index (χ2v) is 4.90. The molecule has 2 bridgehead atoms. The van der Waals surface area contributed by atoms with Crippen LogP contribution in [0.1, 0.15) is 19.8 Å². The molecule has 2 fully saturated rings. The maximum absolute atomic E-state index is 6.18. The molecule has 70 valence electrons. The number of nitrogens with zero attached hydrogens (tertiary/aromatic N) is 1. The zero-order valence-corrected chi connectivity index (χ0v) is 8.16. The van der Waals surface area contributed by atoms with Crippen molar-refractivity contribution in [2.24, 2.45) is 23.5 Å². The maximum Gasteiger partial charge on any atom is 0.0120 e. The number of nitrogens with two attached hydrogens (primary N) is 1. The number of fused-ring (bicyclic) bond motifs is 2. The van der Waals surface area contributed by atoms with Crippen LogP contribution in [0.4, 0.5) is 0 Å². The fraction of sp³-hybridized carbons (Fsp3) is 1.00. The van der Waals surface area contributed by atoms with Gasteiger partial charge >= 0.3 is 0 Å². The van der Waals surface area contributed by atoms with Gasteiger partial charge in [-0.3, -0.25) is 0 Å². The van der Waals surface area contributed by atoms with Crippen LogP contribution in [0.15, 0.2) is 0 Å². The van der Waals surface area contributed by atoms with Crippen LogP contribution in [0.3, 0.4) is 0 Å². The average Bonchev–Trinajstić information content (AvgIpc) is 1.94. The Morgan fingerprint density at radius 2 is 1.67 bits per heavy atom. The topological polar surface area (TPSA) is 29.3 Å². The number of hydrogen-bond acceptors (Lipinski definition) is 2. The molecule has 2 nitrogen and oxygen atoms in total. The number of piperidine rings is 1. The molecule has 0 amide bonds. The van der Waals surface area contributed by atoms with E-state index in [1.807, 2.05) is 0 Å². The van der Waals surface area contributed by atoms with Gasteiger partial charge in [-0.1, -0.05) is 6.92 Å². The van der Waals surface area contributed by atoms with E-state index >= 15 is 0 Å². The Balaban J connectivity index is 2.08. The van der Waals surface area contributed by atoms with E-state index in [0.29, 0.717) is 6.04 Å². The van der Waals surface area contributed by atoms with E-state index in [9.17, 15) is 0 Å². The summed E-state index contributed by atoms with van der Waals surface area (Å²) in [7, 11) is 2.22. The highest BCUT2D eigenvalue weighted by atomic mass is 15.1. The van der Waals surface area contributed by atoms with Crippen LogP contribution in [0.25, 0.3) is 0 Å². The van der Waals surface area contributed by atoms with Gasteiger partial charge < -0.3 is 10.6 Å². The van der Waals surface area contributed by atoms with Crippen LogP contribution >= 0.6 is 0 Å². The number of hydrogen-bond donors (Lipinski definition) is 1.